The predicted molar refractivity (Wildman–Crippen MR) is 60.9 cm³/mol. The Bertz CT molecular complexity index is 198. The van der Waals surface area contributed by atoms with E-state index in [0.29, 0.717) is 12.1 Å². The van der Waals surface area contributed by atoms with Crippen molar-refractivity contribution in [2.75, 3.05) is 7.05 Å². The third kappa shape index (κ3) is 4.55. The minimum Gasteiger partial charge on any atom is -0.469 e. The first-order chi connectivity index (χ1) is 6.50. The van der Waals surface area contributed by atoms with Gasteiger partial charge in [0.25, 0.3) is 0 Å². The van der Waals surface area contributed by atoms with Crippen LogP contribution in [-0.2, 0) is 0 Å². The van der Waals surface area contributed by atoms with E-state index in [-0.39, 0.29) is 18.5 Å². The van der Waals surface area contributed by atoms with Crippen molar-refractivity contribution in [3.8, 4) is 0 Å². The highest BCUT2D eigenvalue weighted by molar-refractivity contribution is 6.60. The molecule has 0 saturated carbocycles. The molecule has 2 aliphatic heterocycles. The third-order valence-corrected chi connectivity index (χ3v) is 3.07. The first-order valence-corrected chi connectivity index (χ1v) is 5.17. The Morgan fingerprint density at radius 1 is 1.33 bits per heavy atom. The Hall–Kier alpha value is -0.0300. The van der Waals surface area contributed by atoms with Crippen LogP contribution in [0.3, 0.4) is 0 Å². The van der Waals surface area contributed by atoms with E-state index >= 15 is 0 Å². The lowest BCUT2D eigenvalue weighted by molar-refractivity contribution is 0.0503. The number of aliphatic hydroxyl groups is 1. The predicted octanol–water partition coefficient (Wildman–Crippen LogP) is 1.93. The summed E-state index contributed by atoms with van der Waals surface area (Å²) >= 11 is 4.19. The largest absolute Gasteiger partial charge is 0.469 e. The molecule has 2 bridgehead atoms. The first-order valence-electron chi connectivity index (χ1n) is 4.79. The molecule has 2 aliphatic rings. The lowest BCUT2D eigenvalue weighted by Gasteiger charge is -2.33. The van der Waals surface area contributed by atoms with Crippen LogP contribution in [0.2, 0.25) is 0 Å². The lowest BCUT2D eigenvalue weighted by atomic mass is 10.0. The molecule has 2 saturated heterocycles. The van der Waals surface area contributed by atoms with Crippen LogP contribution in [0.15, 0.2) is 0 Å². The summed E-state index contributed by atoms with van der Waals surface area (Å²) in [5.74, 6) is 0. The minimum atomic E-state index is -1.36. The minimum absolute atomic E-state index is 0. The number of halogens is 2. The van der Waals surface area contributed by atoms with Gasteiger partial charge in [0.1, 0.15) is 0 Å². The molecule has 0 amide bonds. The van der Waals surface area contributed by atoms with Crippen LogP contribution in [0.5, 0.6) is 0 Å². The second-order valence-corrected chi connectivity index (χ2v) is 4.25. The Kier molecular flexibility index (Phi) is 6.52. The molecule has 2 N–H and O–H groups in total. The maximum absolute atomic E-state index is 9.38. The van der Waals surface area contributed by atoms with Crippen LogP contribution in [0.4, 0.5) is 4.79 Å². The van der Waals surface area contributed by atoms with Gasteiger partial charge >= 0.3 is 5.43 Å². The topological polar surface area (TPSA) is 60.8 Å². The fourth-order valence-electron chi connectivity index (χ4n) is 2.38. The van der Waals surface area contributed by atoms with Gasteiger partial charge in [-0.05, 0) is 32.7 Å². The Morgan fingerprint density at radius 2 is 1.67 bits per heavy atom. The molecule has 0 aliphatic carbocycles. The van der Waals surface area contributed by atoms with Crippen LogP contribution >= 0.6 is 24.0 Å². The first kappa shape index (κ1) is 15.0. The molecule has 0 radical (unpaired) electrons. The number of fused-ring (bicyclic) bond motifs is 2. The normalized spacial score (nSPS) is 33.7. The number of aliphatic hydroxyl groups excluding tert-OH is 1. The van der Waals surface area contributed by atoms with Crippen molar-refractivity contribution in [2.24, 2.45) is 0 Å². The van der Waals surface area contributed by atoms with E-state index in [9.17, 15) is 5.11 Å². The summed E-state index contributed by atoms with van der Waals surface area (Å²) < 4.78 is 0. The van der Waals surface area contributed by atoms with E-state index in [4.69, 9.17) is 9.90 Å². The van der Waals surface area contributed by atoms with Crippen molar-refractivity contribution in [1.82, 2.24) is 4.90 Å². The van der Waals surface area contributed by atoms with Crippen LogP contribution in [-0.4, -0.2) is 45.8 Å². The summed E-state index contributed by atoms with van der Waals surface area (Å²) in [4.78, 5) is 11.2. The molecule has 90 valence electrons. The number of carboxylic acid groups (broad SMARTS) is 1. The van der Waals surface area contributed by atoms with Crippen LogP contribution in [0, 0.1) is 0 Å². The van der Waals surface area contributed by atoms with Crippen molar-refractivity contribution < 1.29 is 15.0 Å². The fourth-order valence-corrected chi connectivity index (χ4v) is 2.38. The van der Waals surface area contributed by atoms with E-state index < -0.39 is 5.43 Å². The fraction of sp³-hybridized carbons (Fsp3) is 0.889. The highest BCUT2D eigenvalue weighted by Gasteiger charge is 2.37. The molecular formula is C9H17Cl2NO3. The average Bonchev–Trinajstić information content (AvgIpc) is 2.33. The van der Waals surface area contributed by atoms with Crippen LogP contribution in [0.25, 0.3) is 0 Å². The second-order valence-electron chi connectivity index (χ2n) is 3.93. The SMILES string of the molecule is CN1[C@@H]2CC[C@H]1CC(O)C2.Cl.O=C(O)Cl. The maximum Gasteiger partial charge on any atom is 0.401 e. The molecule has 2 heterocycles. The van der Waals surface area contributed by atoms with E-state index in [2.05, 4.69) is 23.5 Å². The molecule has 0 aromatic rings. The van der Waals surface area contributed by atoms with E-state index in [1.54, 1.807) is 0 Å². The van der Waals surface area contributed by atoms with Crippen molar-refractivity contribution in [2.45, 2.75) is 43.9 Å². The highest BCUT2D eigenvalue weighted by atomic mass is 35.5. The van der Waals surface area contributed by atoms with E-state index in [0.717, 1.165) is 12.8 Å². The number of hydrogen-bond acceptors (Lipinski definition) is 3. The molecular weight excluding hydrogens is 241 g/mol. The van der Waals surface area contributed by atoms with Gasteiger partial charge in [0.2, 0.25) is 0 Å². The molecule has 0 spiro atoms. The molecule has 1 unspecified atom stereocenters. The van der Waals surface area contributed by atoms with Gasteiger partial charge in [-0.25, -0.2) is 4.79 Å². The smallest absolute Gasteiger partial charge is 0.401 e. The zero-order valence-corrected chi connectivity index (χ0v) is 10.2. The molecule has 4 nitrogen and oxygen atoms in total. The van der Waals surface area contributed by atoms with E-state index in [1.807, 2.05) is 0 Å². The molecule has 2 rings (SSSR count). The summed E-state index contributed by atoms with van der Waals surface area (Å²) in [6.07, 6.45) is 4.62. The molecule has 0 aromatic carbocycles. The average molecular weight is 258 g/mol. The van der Waals surface area contributed by atoms with Crippen molar-refractivity contribution in [3.05, 3.63) is 0 Å². The quantitative estimate of drug-likeness (QED) is 0.652. The van der Waals surface area contributed by atoms with Gasteiger partial charge in [0.15, 0.2) is 0 Å². The van der Waals surface area contributed by atoms with Gasteiger partial charge in [-0.1, -0.05) is 0 Å². The molecule has 15 heavy (non-hydrogen) atoms. The van der Waals surface area contributed by atoms with Crippen molar-refractivity contribution >= 4 is 29.4 Å². The molecule has 2 fully saturated rings. The standard InChI is InChI=1S/C8H15NO.CHClO2.ClH/c1-9-6-2-3-7(9)5-8(10)4-6;2-1(3)4;/h6-8,10H,2-5H2,1H3;(H,3,4);1H/t6-,7+,8?;;. The molecule has 0 aromatic heterocycles. The Labute approximate surface area is 101 Å². The number of hydrogen-bond donors (Lipinski definition) is 2. The monoisotopic (exact) mass is 257 g/mol. The summed E-state index contributed by atoms with van der Waals surface area (Å²) in [5.41, 5.74) is -1.36. The van der Waals surface area contributed by atoms with Crippen LogP contribution < -0.4 is 0 Å². The molecule has 3 atom stereocenters. The maximum atomic E-state index is 9.38. The van der Waals surface area contributed by atoms with Crippen LogP contribution in [0.1, 0.15) is 25.7 Å². The number of carbonyl (C=O) groups is 1. The summed E-state index contributed by atoms with van der Waals surface area (Å²) in [6, 6.07) is 1.38. The summed E-state index contributed by atoms with van der Waals surface area (Å²) in [7, 11) is 2.19. The van der Waals surface area contributed by atoms with Gasteiger partial charge in [-0.15, -0.1) is 12.4 Å². The number of rotatable bonds is 0. The Morgan fingerprint density at radius 3 is 2.00 bits per heavy atom. The van der Waals surface area contributed by atoms with Gasteiger partial charge < -0.3 is 15.1 Å². The van der Waals surface area contributed by atoms with Gasteiger partial charge in [-0.3, -0.25) is 0 Å². The van der Waals surface area contributed by atoms with Crippen molar-refractivity contribution in [3.63, 3.8) is 0 Å². The Balaban J connectivity index is 0.000000346. The number of piperidine rings is 1. The van der Waals surface area contributed by atoms with Gasteiger partial charge in [-0.2, -0.15) is 0 Å². The zero-order chi connectivity index (χ0) is 10.7. The highest BCUT2D eigenvalue weighted by Crippen LogP contribution is 2.33. The van der Waals surface area contributed by atoms with Gasteiger partial charge in [0, 0.05) is 23.7 Å². The third-order valence-electron chi connectivity index (χ3n) is 3.07. The zero-order valence-electron chi connectivity index (χ0n) is 8.60. The van der Waals surface area contributed by atoms with E-state index in [1.165, 1.54) is 12.8 Å². The summed E-state index contributed by atoms with van der Waals surface area (Å²) in [6.45, 7) is 0. The van der Waals surface area contributed by atoms with Crippen molar-refractivity contribution in [1.29, 1.82) is 0 Å². The van der Waals surface area contributed by atoms with Gasteiger partial charge in [0.05, 0.1) is 6.10 Å². The second kappa shape index (κ2) is 6.53. The summed E-state index contributed by atoms with van der Waals surface area (Å²) in [5, 5.41) is 16.6. The lowest BCUT2D eigenvalue weighted by Crippen LogP contribution is -2.41. The number of nitrogens with zero attached hydrogens (tertiary/aromatic N) is 1. The molecule has 6 heteroatoms.